The number of unbranched alkanes of at least 4 members (excludes halogenated alkanes) is 2. The van der Waals surface area contributed by atoms with Gasteiger partial charge in [0.2, 0.25) is 0 Å². The number of esters is 2. The van der Waals surface area contributed by atoms with Crippen molar-refractivity contribution in [3.05, 3.63) is 60.7 Å². The van der Waals surface area contributed by atoms with Crippen LogP contribution < -0.4 is 9.47 Å². The van der Waals surface area contributed by atoms with E-state index in [1.54, 1.807) is 48.5 Å². The topological polar surface area (TPSA) is 52.6 Å². The lowest BCUT2D eigenvalue weighted by Gasteiger charge is -2.29. The van der Waals surface area contributed by atoms with Crippen molar-refractivity contribution in [3.8, 4) is 11.5 Å². The third-order valence-electron chi connectivity index (χ3n) is 4.60. The smallest absolute Gasteiger partial charge is 0.328 e. The summed E-state index contributed by atoms with van der Waals surface area (Å²) < 4.78 is 11.2. The van der Waals surface area contributed by atoms with Gasteiger partial charge in [0.05, 0.1) is 0 Å². The monoisotopic (exact) mass is 368 g/mol. The van der Waals surface area contributed by atoms with Gasteiger partial charge in [0.15, 0.2) is 5.41 Å². The van der Waals surface area contributed by atoms with E-state index in [1.165, 1.54) is 0 Å². The van der Waals surface area contributed by atoms with Crippen LogP contribution in [0.25, 0.3) is 0 Å². The van der Waals surface area contributed by atoms with Gasteiger partial charge in [-0.3, -0.25) is 9.59 Å². The maximum absolute atomic E-state index is 13.2. The van der Waals surface area contributed by atoms with Crippen LogP contribution in [0.15, 0.2) is 60.7 Å². The molecule has 0 unspecified atom stereocenters. The Morgan fingerprint density at radius 1 is 0.704 bits per heavy atom. The molecule has 0 aliphatic carbocycles. The van der Waals surface area contributed by atoms with E-state index in [-0.39, 0.29) is 0 Å². The third kappa shape index (κ3) is 5.68. The normalized spacial score (nSPS) is 11.0. The number of rotatable bonds is 10. The van der Waals surface area contributed by atoms with Crippen LogP contribution in [0.3, 0.4) is 0 Å². The van der Waals surface area contributed by atoms with Crippen LogP contribution in [0.5, 0.6) is 11.5 Å². The first-order valence-corrected chi connectivity index (χ1v) is 9.67. The molecule has 27 heavy (non-hydrogen) atoms. The Bertz CT molecular complexity index is 646. The van der Waals surface area contributed by atoms with Gasteiger partial charge in [-0.05, 0) is 37.1 Å². The molecule has 2 aromatic carbocycles. The summed E-state index contributed by atoms with van der Waals surface area (Å²) in [6, 6.07) is 17.7. The summed E-state index contributed by atoms with van der Waals surface area (Å²) in [4.78, 5) is 26.3. The van der Waals surface area contributed by atoms with E-state index in [1.807, 2.05) is 26.0 Å². The maximum atomic E-state index is 13.2. The van der Waals surface area contributed by atoms with Crippen LogP contribution in [0.4, 0.5) is 0 Å². The third-order valence-corrected chi connectivity index (χ3v) is 4.60. The van der Waals surface area contributed by atoms with Crippen molar-refractivity contribution in [1.82, 2.24) is 0 Å². The minimum atomic E-state index is -1.29. The number of para-hydroxylation sites is 2. The fourth-order valence-electron chi connectivity index (χ4n) is 2.96. The quantitative estimate of drug-likeness (QED) is 0.313. The molecule has 0 bridgehead atoms. The Balaban J connectivity index is 2.31. The highest BCUT2D eigenvalue weighted by Gasteiger charge is 2.48. The molecular formula is C23H28O4. The van der Waals surface area contributed by atoms with Crippen molar-refractivity contribution in [2.24, 2.45) is 5.41 Å². The first kappa shape index (κ1) is 20.7. The van der Waals surface area contributed by atoms with Gasteiger partial charge < -0.3 is 9.47 Å². The molecule has 0 atom stereocenters. The summed E-state index contributed by atoms with van der Waals surface area (Å²) in [5.41, 5.74) is -1.29. The summed E-state index contributed by atoms with van der Waals surface area (Å²) in [5.74, 6) is -0.187. The lowest BCUT2D eigenvalue weighted by atomic mass is 9.78. The summed E-state index contributed by atoms with van der Waals surface area (Å²) in [5, 5.41) is 0. The Morgan fingerprint density at radius 3 is 1.41 bits per heavy atom. The molecule has 4 heteroatoms. The number of hydrogen-bond donors (Lipinski definition) is 0. The summed E-state index contributed by atoms with van der Waals surface area (Å²) in [6.45, 7) is 4.07. The Kier molecular flexibility index (Phi) is 8.05. The Hall–Kier alpha value is -2.62. The van der Waals surface area contributed by atoms with E-state index in [0.29, 0.717) is 24.3 Å². The van der Waals surface area contributed by atoms with Crippen LogP contribution in [0.2, 0.25) is 0 Å². The second-order valence-corrected chi connectivity index (χ2v) is 6.69. The van der Waals surface area contributed by atoms with Crippen LogP contribution >= 0.6 is 0 Å². The molecule has 0 saturated carbocycles. The molecule has 0 aromatic heterocycles. The molecule has 0 aliphatic rings. The first-order valence-electron chi connectivity index (χ1n) is 9.67. The van der Waals surface area contributed by atoms with Crippen LogP contribution in [0, 0.1) is 5.41 Å². The fraction of sp³-hybridized carbons (Fsp3) is 0.391. The lowest BCUT2D eigenvalue weighted by molar-refractivity contribution is -0.162. The molecule has 0 radical (unpaired) electrons. The van der Waals surface area contributed by atoms with Gasteiger partial charge in [-0.25, -0.2) is 0 Å². The highest BCUT2D eigenvalue weighted by molar-refractivity contribution is 6.01. The average Bonchev–Trinajstić information content (AvgIpc) is 2.70. The molecule has 0 fully saturated rings. The van der Waals surface area contributed by atoms with E-state index in [9.17, 15) is 9.59 Å². The molecule has 0 N–H and O–H groups in total. The standard InChI is InChI=1S/C23H28O4/c1-3-5-17-23(18-6-4-2,21(24)26-19-13-9-7-10-14-19)22(25)27-20-15-11-8-12-16-20/h7-16H,3-6,17-18H2,1-2H3. The van der Waals surface area contributed by atoms with Crippen molar-refractivity contribution < 1.29 is 19.1 Å². The van der Waals surface area contributed by atoms with Crippen LogP contribution in [-0.4, -0.2) is 11.9 Å². The number of benzene rings is 2. The minimum absolute atomic E-state index is 0.417. The van der Waals surface area contributed by atoms with Crippen molar-refractivity contribution >= 4 is 11.9 Å². The lowest BCUT2D eigenvalue weighted by Crippen LogP contribution is -2.45. The summed E-state index contributed by atoms with van der Waals surface area (Å²) >= 11 is 0. The van der Waals surface area contributed by atoms with Gasteiger partial charge in [-0.1, -0.05) is 75.9 Å². The molecule has 4 nitrogen and oxygen atoms in total. The number of carbonyl (C=O) groups is 2. The first-order chi connectivity index (χ1) is 13.1. The highest BCUT2D eigenvalue weighted by Crippen LogP contribution is 2.35. The molecule has 0 heterocycles. The second-order valence-electron chi connectivity index (χ2n) is 6.69. The van der Waals surface area contributed by atoms with Crippen molar-refractivity contribution in [1.29, 1.82) is 0 Å². The van der Waals surface area contributed by atoms with Crippen LogP contribution in [0.1, 0.15) is 52.4 Å². The zero-order chi connectivity index (χ0) is 19.5. The molecular weight excluding hydrogens is 340 g/mol. The van der Waals surface area contributed by atoms with Gasteiger partial charge in [0.25, 0.3) is 0 Å². The van der Waals surface area contributed by atoms with Gasteiger partial charge >= 0.3 is 11.9 Å². The number of carbonyl (C=O) groups excluding carboxylic acids is 2. The highest BCUT2D eigenvalue weighted by atomic mass is 16.6. The van der Waals surface area contributed by atoms with Crippen molar-refractivity contribution in [2.75, 3.05) is 0 Å². The van der Waals surface area contributed by atoms with E-state index in [2.05, 4.69) is 0 Å². The SMILES string of the molecule is CCCCC(CCCC)(C(=O)Oc1ccccc1)C(=O)Oc1ccccc1. The minimum Gasteiger partial charge on any atom is -0.426 e. The fourth-order valence-corrected chi connectivity index (χ4v) is 2.96. The predicted molar refractivity (Wildman–Crippen MR) is 106 cm³/mol. The zero-order valence-electron chi connectivity index (χ0n) is 16.1. The van der Waals surface area contributed by atoms with Gasteiger partial charge in [0.1, 0.15) is 11.5 Å². The summed E-state index contributed by atoms with van der Waals surface area (Å²) in [7, 11) is 0. The van der Waals surface area contributed by atoms with E-state index >= 15 is 0 Å². The molecule has 0 amide bonds. The molecule has 0 aliphatic heterocycles. The largest absolute Gasteiger partial charge is 0.426 e. The van der Waals surface area contributed by atoms with Gasteiger partial charge in [-0.15, -0.1) is 0 Å². The van der Waals surface area contributed by atoms with E-state index in [4.69, 9.17) is 9.47 Å². The van der Waals surface area contributed by atoms with E-state index < -0.39 is 17.4 Å². The molecule has 0 spiro atoms. The Labute approximate surface area is 161 Å². The van der Waals surface area contributed by atoms with Gasteiger partial charge in [0, 0.05) is 0 Å². The second kappa shape index (κ2) is 10.5. The van der Waals surface area contributed by atoms with Crippen LogP contribution in [-0.2, 0) is 9.59 Å². The molecule has 2 aromatic rings. The summed E-state index contributed by atoms with van der Waals surface area (Å²) in [6.07, 6.45) is 4.09. The van der Waals surface area contributed by atoms with E-state index in [0.717, 1.165) is 25.7 Å². The molecule has 144 valence electrons. The number of hydrogen-bond acceptors (Lipinski definition) is 4. The number of ether oxygens (including phenoxy) is 2. The maximum Gasteiger partial charge on any atom is 0.328 e. The van der Waals surface area contributed by atoms with Crippen molar-refractivity contribution in [3.63, 3.8) is 0 Å². The molecule has 2 rings (SSSR count). The zero-order valence-corrected chi connectivity index (χ0v) is 16.1. The Morgan fingerprint density at radius 2 is 1.07 bits per heavy atom. The molecule has 0 saturated heterocycles. The predicted octanol–water partition coefficient (Wildman–Crippen LogP) is 5.56. The van der Waals surface area contributed by atoms with Gasteiger partial charge in [-0.2, -0.15) is 0 Å². The average molecular weight is 368 g/mol. The van der Waals surface area contributed by atoms with Crippen molar-refractivity contribution in [2.45, 2.75) is 52.4 Å².